The Kier molecular flexibility index (Phi) is 6.70. The number of nitrogens with zero attached hydrogens (tertiary/aromatic N) is 2. The van der Waals surface area contributed by atoms with Gasteiger partial charge < -0.3 is 14.4 Å². The summed E-state index contributed by atoms with van der Waals surface area (Å²) in [4.78, 5) is 17.8. The van der Waals surface area contributed by atoms with Gasteiger partial charge in [0, 0.05) is 31.4 Å². The second-order valence-electron chi connectivity index (χ2n) is 8.46. The van der Waals surface area contributed by atoms with Gasteiger partial charge >= 0.3 is 0 Å². The van der Waals surface area contributed by atoms with Gasteiger partial charge in [0.25, 0.3) is 0 Å². The van der Waals surface area contributed by atoms with Crippen LogP contribution in [0, 0.1) is 5.92 Å². The van der Waals surface area contributed by atoms with Gasteiger partial charge in [0.2, 0.25) is 5.91 Å². The number of anilines is 1. The van der Waals surface area contributed by atoms with E-state index in [4.69, 9.17) is 9.47 Å². The maximum absolute atomic E-state index is 13.4. The van der Waals surface area contributed by atoms with Crippen LogP contribution in [0.3, 0.4) is 0 Å². The zero-order chi connectivity index (χ0) is 20.9. The van der Waals surface area contributed by atoms with Crippen LogP contribution in [-0.4, -0.2) is 49.8 Å². The van der Waals surface area contributed by atoms with Crippen molar-refractivity contribution in [1.29, 1.82) is 0 Å². The van der Waals surface area contributed by atoms with E-state index in [9.17, 15) is 4.79 Å². The molecule has 2 unspecified atom stereocenters. The molecular weight excluding hydrogens is 376 g/mol. The van der Waals surface area contributed by atoms with Gasteiger partial charge in [-0.15, -0.1) is 0 Å². The first-order valence-corrected chi connectivity index (χ1v) is 11.0. The highest BCUT2D eigenvalue weighted by molar-refractivity contribution is 5.94. The molecule has 0 N–H and O–H groups in total. The number of benzene rings is 2. The van der Waals surface area contributed by atoms with Gasteiger partial charge in [-0.05, 0) is 55.5 Å². The molecule has 2 aromatic carbocycles. The SMILES string of the molecule is COc1ccc(N(C(=O)CC2CN(Cc3ccccc3)CCO2)C(C)C2CC2)cc1. The lowest BCUT2D eigenvalue weighted by Crippen LogP contribution is -2.46. The highest BCUT2D eigenvalue weighted by Crippen LogP contribution is 2.37. The average Bonchev–Trinajstić information content (AvgIpc) is 3.61. The molecule has 1 aliphatic carbocycles. The molecule has 1 saturated heterocycles. The Morgan fingerprint density at radius 1 is 1.17 bits per heavy atom. The molecule has 1 amide bonds. The number of hydrogen-bond acceptors (Lipinski definition) is 4. The van der Waals surface area contributed by atoms with Gasteiger partial charge in [-0.25, -0.2) is 0 Å². The maximum atomic E-state index is 13.4. The molecule has 30 heavy (non-hydrogen) atoms. The molecule has 5 nitrogen and oxygen atoms in total. The van der Waals surface area contributed by atoms with Crippen LogP contribution in [-0.2, 0) is 16.1 Å². The normalized spacial score (nSPS) is 20.5. The van der Waals surface area contributed by atoms with E-state index in [2.05, 4.69) is 36.1 Å². The van der Waals surface area contributed by atoms with Crippen molar-refractivity contribution in [2.75, 3.05) is 31.7 Å². The van der Waals surface area contributed by atoms with Crippen LogP contribution in [0.5, 0.6) is 5.75 Å². The minimum absolute atomic E-state index is 0.0675. The van der Waals surface area contributed by atoms with Crippen molar-refractivity contribution in [3.8, 4) is 5.75 Å². The Morgan fingerprint density at radius 2 is 1.90 bits per heavy atom. The second-order valence-corrected chi connectivity index (χ2v) is 8.46. The zero-order valence-electron chi connectivity index (χ0n) is 18.0. The first-order valence-electron chi connectivity index (χ1n) is 11.0. The summed E-state index contributed by atoms with van der Waals surface area (Å²) in [7, 11) is 1.66. The highest BCUT2D eigenvalue weighted by atomic mass is 16.5. The molecule has 0 bridgehead atoms. The molecular formula is C25H32N2O3. The lowest BCUT2D eigenvalue weighted by Gasteiger charge is -2.35. The number of carbonyl (C=O) groups excluding carboxylic acids is 1. The summed E-state index contributed by atoms with van der Waals surface area (Å²) in [6, 6.07) is 18.5. The van der Waals surface area contributed by atoms with Gasteiger partial charge in [0.05, 0.1) is 26.2 Å². The van der Waals surface area contributed by atoms with Crippen molar-refractivity contribution in [3.05, 3.63) is 60.2 Å². The predicted octanol–water partition coefficient (Wildman–Crippen LogP) is 4.12. The van der Waals surface area contributed by atoms with Crippen molar-refractivity contribution >= 4 is 11.6 Å². The fraction of sp³-hybridized carbons (Fsp3) is 0.480. The number of carbonyl (C=O) groups is 1. The van der Waals surface area contributed by atoms with E-state index in [0.29, 0.717) is 18.9 Å². The van der Waals surface area contributed by atoms with E-state index in [1.165, 1.54) is 18.4 Å². The van der Waals surface area contributed by atoms with Crippen molar-refractivity contribution in [2.45, 2.75) is 44.9 Å². The molecule has 5 heteroatoms. The Morgan fingerprint density at radius 3 is 2.57 bits per heavy atom. The number of rotatable bonds is 8. The summed E-state index contributed by atoms with van der Waals surface area (Å²) in [5, 5.41) is 0. The number of morpholine rings is 1. The third-order valence-electron chi connectivity index (χ3n) is 6.20. The Hall–Kier alpha value is -2.37. The average molecular weight is 409 g/mol. The molecule has 1 aliphatic heterocycles. The van der Waals surface area contributed by atoms with Gasteiger partial charge in [0.15, 0.2) is 0 Å². The monoisotopic (exact) mass is 408 g/mol. The van der Waals surface area contributed by atoms with Crippen molar-refractivity contribution in [2.24, 2.45) is 5.92 Å². The number of amides is 1. The van der Waals surface area contributed by atoms with E-state index in [1.54, 1.807) is 7.11 Å². The predicted molar refractivity (Wildman–Crippen MR) is 119 cm³/mol. The number of ether oxygens (including phenoxy) is 2. The minimum Gasteiger partial charge on any atom is -0.497 e. The zero-order valence-corrected chi connectivity index (χ0v) is 18.0. The lowest BCUT2D eigenvalue weighted by atomic mass is 10.1. The summed E-state index contributed by atoms with van der Waals surface area (Å²) in [6.45, 7) is 5.43. The van der Waals surface area contributed by atoms with Crippen LogP contribution < -0.4 is 9.64 Å². The molecule has 2 aliphatic rings. The third kappa shape index (κ3) is 5.21. The summed E-state index contributed by atoms with van der Waals surface area (Å²) >= 11 is 0. The van der Waals surface area contributed by atoms with E-state index < -0.39 is 0 Å². The fourth-order valence-electron chi connectivity index (χ4n) is 4.32. The molecule has 0 aromatic heterocycles. The standard InChI is InChI=1S/C25H32N2O3/c1-19(21-8-9-21)27(22-10-12-23(29-2)13-11-22)25(28)16-24-18-26(14-15-30-24)17-20-6-4-3-5-7-20/h3-7,10-13,19,21,24H,8-9,14-18H2,1-2H3. The number of methoxy groups -OCH3 is 1. The smallest absolute Gasteiger partial charge is 0.229 e. The summed E-state index contributed by atoms with van der Waals surface area (Å²) < 4.78 is 11.3. The van der Waals surface area contributed by atoms with E-state index >= 15 is 0 Å². The van der Waals surface area contributed by atoms with E-state index in [0.717, 1.165) is 31.1 Å². The first-order chi connectivity index (χ1) is 14.6. The van der Waals surface area contributed by atoms with Crippen LogP contribution in [0.4, 0.5) is 5.69 Å². The summed E-state index contributed by atoms with van der Waals surface area (Å²) in [6.07, 6.45) is 2.74. The van der Waals surface area contributed by atoms with Crippen molar-refractivity contribution < 1.29 is 14.3 Å². The van der Waals surface area contributed by atoms with Gasteiger partial charge in [-0.2, -0.15) is 0 Å². The molecule has 2 fully saturated rings. The van der Waals surface area contributed by atoms with Crippen LogP contribution in [0.15, 0.2) is 54.6 Å². The molecule has 160 valence electrons. The van der Waals surface area contributed by atoms with E-state index in [-0.39, 0.29) is 18.1 Å². The fourth-order valence-corrected chi connectivity index (χ4v) is 4.32. The Labute approximate surface area is 179 Å². The molecule has 2 aromatic rings. The summed E-state index contributed by atoms with van der Waals surface area (Å²) in [5.74, 6) is 1.54. The molecule has 1 heterocycles. The Balaban J connectivity index is 1.42. The quantitative estimate of drug-likeness (QED) is 0.659. The maximum Gasteiger partial charge on any atom is 0.229 e. The molecule has 1 saturated carbocycles. The minimum atomic E-state index is -0.0675. The molecule has 2 atom stereocenters. The van der Waals surface area contributed by atoms with Crippen LogP contribution in [0.1, 0.15) is 31.7 Å². The van der Waals surface area contributed by atoms with Gasteiger partial charge in [-0.1, -0.05) is 30.3 Å². The number of hydrogen-bond donors (Lipinski definition) is 0. The van der Waals surface area contributed by atoms with Crippen LogP contribution in [0.2, 0.25) is 0 Å². The lowest BCUT2D eigenvalue weighted by molar-refractivity contribution is -0.124. The van der Waals surface area contributed by atoms with E-state index in [1.807, 2.05) is 35.2 Å². The molecule has 0 spiro atoms. The molecule has 4 rings (SSSR count). The van der Waals surface area contributed by atoms with Crippen molar-refractivity contribution in [3.63, 3.8) is 0 Å². The van der Waals surface area contributed by atoms with Gasteiger partial charge in [0.1, 0.15) is 5.75 Å². The second kappa shape index (κ2) is 9.63. The van der Waals surface area contributed by atoms with Gasteiger partial charge in [-0.3, -0.25) is 9.69 Å². The van der Waals surface area contributed by atoms with Crippen LogP contribution in [0.25, 0.3) is 0 Å². The van der Waals surface area contributed by atoms with Crippen molar-refractivity contribution in [1.82, 2.24) is 4.90 Å². The Bertz CT molecular complexity index is 820. The van der Waals surface area contributed by atoms with Crippen LogP contribution >= 0.6 is 0 Å². The topological polar surface area (TPSA) is 42.0 Å². The highest BCUT2D eigenvalue weighted by Gasteiger charge is 2.36. The first kappa shape index (κ1) is 20.9. The third-order valence-corrected chi connectivity index (χ3v) is 6.20. The summed E-state index contributed by atoms with van der Waals surface area (Å²) in [5.41, 5.74) is 2.24. The largest absolute Gasteiger partial charge is 0.497 e. The molecule has 0 radical (unpaired) electrons.